The van der Waals surface area contributed by atoms with Crippen molar-refractivity contribution in [3.8, 4) is 0 Å². The van der Waals surface area contributed by atoms with Crippen LogP contribution < -0.4 is 4.89 Å². The fourth-order valence-electron chi connectivity index (χ4n) is 2.86. The van der Waals surface area contributed by atoms with Crippen LogP contribution >= 0.6 is 0 Å². The first-order valence-corrected chi connectivity index (χ1v) is 8.58. The van der Waals surface area contributed by atoms with Crippen molar-refractivity contribution in [3.05, 3.63) is 35.4 Å². The zero-order valence-electron chi connectivity index (χ0n) is 11.4. The monoisotopic (exact) mass is 296 g/mol. The maximum atomic E-state index is 12.2. The van der Waals surface area contributed by atoms with Crippen molar-refractivity contribution in [1.29, 1.82) is 0 Å². The molecule has 1 fully saturated rings. The van der Waals surface area contributed by atoms with E-state index in [1.54, 1.807) is 0 Å². The Balaban J connectivity index is 1.63. The van der Waals surface area contributed by atoms with Crippen LogP contribution in [-0.2, 0) is 28.0 Å². The van der Waals surface area contributed by atoms with Crippen LogP contribution in [0.25, 0.3) is 0 Å². The van der Waals surface area contributed by atoms with Crippen LogP contribution in [0.1, 0.15) is 36.8 Å². The Kier molecular flexibility index (Phi) is 4.07. The normalized spacial score (nSPS) is 21.0. The molecule has 0 spiro atoms. The Morgan fingerprint density at radius 3 is 2.60 bits per heavy atom. The minimum absolute atomic E-state index is 0.0295. The average molecular weight is 296 g/mol. The van der Waals surface area contributed by atoms with E-state index in [1.165, 1.54) is 9.87 Å². The van der Waals surface area contributed by atoms with Gasteiger partial charge in [-0.15, -0.1) is 0 Å². The molecule has 0 aromatic heterocycles. The SMILES string of the molecule is O=S(=O)(NOC1CCCC1)N1CCc2ccccc2C1. The summed E-state index contributed by atoms with van der Waals surface area (Å²) in [6, 6.07) is 7.97. The molecule has 1 aliphatic carbocycles. The van der Waals surface area contributed by atoms with Gasteiger partial charge in [0.1, 0.15) is 0 Å². The summed E-state index contributed by atoms with van der Waals surface area (Å²) in [5, 5.41) is 0. The minimum Gasteiger partial charge on any atom is -0.283 e. The molecule has 0 amide bonds. The summed E-state index contributed by atoms with van der Waals surface area (Å²) in [6.07, 6.45) is 4.88. The minimum atomic E-state index is -3.55. The number of hydrogen-bond donors (Lipinski definition) is 1. The first-order chi connectivity index (χ1) is 9.65. The zero-order valence-corrected chi connectivity index (χ0v) is 12.2. The van der Waals surface area contributed by atoms with Gasteiger partial charge in [0.05, 0.1) is 6.10 Å². The second-order valence-corrected chi connectivity index (χ2v) is 7.10. The molecule has 20 heavy (non-hydrogen) atoms. The summed E-state index contributed by atoms with van der Waals surface area (Å²) in [6.45, 7) is 0.917. The molecule has 1 aliphatic heterocycles. The molecular formula is C14H20N2O3S. The van der Waals surface area contributed by atoms with Crippen LogP contribution in [0.2, 0.25) is 0 Å². The highest BCUT2D eigenvalue weighted by Gasteiger charge is 2.28. The van der Waals surface area contributed by atoms with Gasteiger partial charge in [-0.05, 0) is 30.4 Å². The van der Waals surface area contributed by atoms with Crippen LogP contribution in [-0.4, -0.2) is 25.4 Å². The summed E-state index contributed by atoms with van der Waals surface area (Å²) < 4.78 is 25.9. The van der Waals surface area contributed by atoms with Crippen molar-refractivity contribution in [2.24, 2.45) is 0 Å². The molecule has 0 bridgehead atoms. The van der Waals surface area contributed by atoms with Gasteiger partial charge in [-0.3, -0.25) is 4.84 Å². The molecular weight excluding hydrogens is 276 g/mol. The van der Waals surface area contributed by atoms with Gasteiger partial charge in [0.25, 0.3) is 0 Å². The number of fused-ring (bicyclic) bond motifs is 1. The van der Waals surface area contributed by atoms with E-state index in [-0.39, 0.29) is 6.10 Å². The highest BCUT2D eigenvalue weighted by Crippen LogP contribution is 2.22. The van der Waals surface area contributed by atoms with Gasteiger partial charge < -0.3 is 0 Å². The highest BCUT2D eigenvalue weighted by atomic mass is 32.2. The molecule has 1 aromatic rings. The van der Waals surface area contributed by atoms with Crippen molar-refractivity contribution in [2.75, 3.05) is 6.54 Å². The molecule has 1 aromatic carbocycles. The summed E-state index contributed by atoms with van der Waals surface area (Å²) >= 11 is 0. The van der Waals surface area contributed by atoms with Crippen molar-refractivity contribution < 1.29 is 13.3 Å². The summed E-state index contributed by atoms with van der Waals surface area (Å²) in [4.78, 5) is 7.63. The molecule has 0 atom stereocenters. The van der Waals surface area contributed by atoms with Gasteiger partial charge in [0, 0.05) is 13.1 Å². The fraction of sp³-hybridized carbons (Fsp3) is 0.571. The summed E-state index contributed by atoms with van der Waals surface area (Å²) in [7, 11) is -3.55. The molecule has 3 rings (SSSR count). The maximum Gasteiger partial charge on any atom is 0.301 e. The largest absolute Gasteiger partial charge is 0.301 e. The molecule has 0 radical (unpaired) electrons. The second-order valence-electron chi connectivity index (χ2n) is 5.46. The Labute approximate surface area is 120 Å². The van der Waals surface area contributed by atoms with E-state index >= 15 is 0 Å². The molecule has 1 saturated carbocycles. The molecule has 110 valence electrons. The topological polar surface area (TPSA) is 58.6 Å². The van der Waals surface area contributed by atoms with Gasteiger partial charge in [0.15, 0.2) is 0 Å². The van der Waals surface area contributed by atoms with Crippen LogP contribution in [0.15, 0.2) is 24.3 Å². The van der Waals surface area contributed by atoms with Gasteiger partial charge in [-0.25, -0.2) is 0 Å². The van der Waals surface area contributed by atoms with Crippen molar-refractivity contribution >= 4 is 10.2 Å². The van der Waals surface area contributed by atoms with Crippen molar-refractivity contribution in [3.63, 3.8) is 0 Å². The number of nitrogens with one attached hydrogen (secondary N) is 1. The Morgan fingerprint density at radius 1 is 1.15 bits per heavy atom. The van der Waals surface area contributed by atoms with Crippen molar-refractivity contribution in [2.45, 2.75) is 44.8 Å². The lowest BCUT2D eigenvalue weighted by Gasteiger charge is -2.28. The molecule has 0 saturated heterocycles. The number of nitrogens with zero attached hydrogens (tertiary/aromatic N) is 1. The van der Waals surface area contributed by atoms with Gasteiger partial charge in [-0.1, -0.05) is 42.0 Å². The molecule has 5 nitrogen and oxygen atoms in total. The second kappa shape index (κ2) is 5.81. The van der Waals surface area contributed by atoms with Gasteiger partial charge in [-0.2, -0.15) is 12.7 Å². The Bertz CT molecular complexity index is 568. The fourth-order valence-corrected chi connectivity index (χ4v) is 3.87. The predicted molar refractivity (Wildman–Crippen MR) is 76.0 cm³/mol. The van der Waals surface area contributed by atoms with E-state index in [0.29, 0.717) is 13.1 Å². The van der Waals surface area contributed by atoms with E-state index in [2.05, 4.69) is 11.0 Å². The van der Waals surface area contributed by atoms with Gasteiger partial charge in [0.2, 0.25) is 0 Å². The predicted octanol–water partition coefficient (Wildman–Crippen LogP) is 1.75. The van der Waals surface area contributed by atoms with E-state index in [9.17, 15) is 8.42 Å². The Hall–Kier alpha value is -0.950. The summed E-state index contributed by atoms with van der Waals surface area (Å²) in [5.41, 5.74) is 2.31. The van der Waals surface area contributed by atoms with Crippen LogP contribution in [0.3, 0.4) is 0 Å². The standard InChI is InChI=1S/C14H20N2O3S/c17-20(18,15-19-14-7-3-4-8-14)16-10-9-12-5-1-2-6-13(12)11-16/h1-2,5-6,14-15H,3-4,7-11H2. The van der Waals surface area contributed by atoms with E-state index in [0.717, 1.165) is 37.7 Å². The molecule has 1 heterocycles. The van der Waals surface area contributed by atoms with E-state index < -0.39 is 10.2 Å². The molecule has 2 aliphatic rings. The molecule has 6 heteroatoms. The van der Waals surface area contributed by atoms with E-state index in [1.807, 2.05) is 18.2 Å². The third-order valence-corrected chi connectivity index (χ3v) is 5.36. The third kappa shape index (κ3) is 3.03. The van der Waals surface area contributed by atoms with Gasteiger partial charge >= 0.3 is 10.2 Å². The lowest BCUT2D eigenvalue weighted by molar-refractivity contribution is 0.0187. The maximum absolute atomic E-state index is 12.2. The molecule has 0 unspecified atom stereocenters. The number of hydrogen-bond acceptors (Lipinski definition) is 3. The van der Waals surface area contributed by atoms with E-state index in [4.69, 9.17) is 4.84 Å². The third-order valence-electron chi connectivity index (χ3n) is 4.06. The van der Waals surface area contributed by atoms with Crippen LogP contribution in [0.5, 0.6) is 0 Å². The number of rotatable bonds is 4. The van der Waals surface area contributed by atoms with Crippen LogP contribution in [0.4, 0.5) is 0 Å². The average Bonchev–Trinajstić information content (AvgIpc) is 2.98. The highest BCUT2D eigenvalue weighted by molar-refractivity contribution is 7.86. The Morgan fingerprint density at radius 2 is 1.85 bits per heavy atom. The lowest BCUT2D eigenvalue weighted by Crippen LogP contribution is -2.44. The smallest absolute Gasteiger partial charge is 0.283 e. The van der Waals surface area contributed by atoms with Crippen LogP contribution in [0, 0.1) is 0 Å². The first kappa shape index (κ1) is 14.0. The summed E-state index contributed by atoms with van der Waals surface area (Å²) in [5.74, 6) is 0. The number of benzene rings is 1. The zero-order chi connectivity index (χ0) is 14.0. The lowest BCUT2D eigenvalue weighted by atomic mass is 10.0. The van der Waals surface area contributed by atoms with Crippen molar-refractivity contribution in [1.82, 2.24) is 9.19 Å². The quantitative estimate of drug-likeness (QED) is 0.861. The first-order valence-electron chi connectivity index (χ1n) is 7.14. The molecule has 1 N–H and O–H groups in total.